The van der Waals surface area contributed by atoms with Crippen LogP contribution in [0.4, 0.5) is 5.69 Å². The summed E-state index contributed by atoms with van der Waals surface area (Å²) in [5.41, 5.74) is 1.23. The van der Waals surface area contributed by atoms with Crippen LogP contribution in [0.2, 0.25) is 0 Å². The third kappa shape index (κ3) is 7.16. The van der Waals surface area contributed by atoms with Crippen LogP contribution in [0, 0.1) is 0 Å². The normalized spacial score (nSPS) is 15.3. The van der Waals surface area contributed by atoms with E-state index in [9.17, 15) is 13.2 Å². The number of hydrogen-bond acceptors (Lipinski definition) is 7. The Morgan fingerprint density at radius 1 is 0.872 bits per heavy atom. The van der Waals surface area contributed by atoms with Gasteiger partial charge in [-0.2, -0.15) is 4.31 Å². The molecule has 1 saturated carbocycles. The summed E-state index contributed by atoms with van der Waals surface area (Å²) >= 11 is 0. The van der Waals surface area contributed by atoms with Crippen LogP contribution < -0.4 is 24.8 Å². The number of nitrogens with one attached hydrogen (secondary N) is 2. The smallest absolute Gasteiger partial charge is 0.247 e. The summed E-state index contributed by atoms with van der Waals surface area (Å²) in [6.45, 7) is 7.45. The van der Waals surface area contributed by atoms with Gasteiger partial charge in [-0.05, 0) is 82.5 Å². The van der Waals surface area contributed by atoms with Crippen LogP contribution in [0.5, 0.6) is 17.2 Å². The second-order valence-corrected chi connectivity index (χ2v) is 12.3. The summed E-state index contributed by atoms with van der Waals surface area (Å²) in [6, 6.07) is 8.98. The third-order valence-corrected chi connectivity index (χ3v) is 9.26. The summed E-state index contributed by atoms with van der Waals surface area (Å²) in [6.07, 6.45) is 5.26. The van der Waals surface area contributed by atoms with Crippen LogP contribution in [-0.4, -0.2) is 58.1 Å². The standard InChI is InChI=1S/C29H43N3O6S/c1-19(2)32(20(3)4)39(34,35)24-15-13-23(14-16-24)30-27(29(33)31-22-11-9-8-10-12-22)21-17-25(36-5)28(38-7)26(18-21)37-6/h13-20,22,27,30H,8-12H2,1-7H3,(H,31,33)/t27-/m1/s1. The quantitative estimate of drug-likeness (QED) is 0.370. The largest absolute Gasteiger partial charge is 0.493 e. The molecule has 1 atom stereocenters. The van der Waals surface area contributed by atoms with Gasteiger partial charge in [0.15, 0.2) is 11.5 Å². The average Bonchev–Trinajstić information content (AvgIpc) is 2.90. The van der Waals surface area contributed by atoms with Gasteiger partial charge in [-0.15, -0.1) is 0 Å². The van der Waals surface area contributed by atoms with Gasteiger partial charge in [-0.25, -0.2) is 8.42 Å². The van der Waals surface area contributed by atoms with Crippen LogP contribution >= 0.6 is 0 Å². The van der Waals surface area contributed by atoms with Gasteiger partial charge in [0.25, 0.3) is 0 Å². The molecule has 2 aromatic carbocycles. The molecule has 0 bridgehead atoms. The second kappa shape index (κ2) is 13.4. The number of benzene rings is 2. The Morgan fingerprint density at radius 2 is 1.41 bits per heavy atom. The number of nitrogens with zero attached hydrogens (tertiary/aromatic N) is 1. The Hall–Kier alpha value is -2.98. The van der Waals surface area contributed by atoms with Crippen LogP contribution in [-0.2, 0) is 14.8 Å². The van der Waals surface area contributed by atoms with Crippen molar-refractivity contribution in [3.63, 3.8) is 0 Å². The fourth-order valence-corrected chi connectivity index (χ4v) is 7.10. The Bertz CT molecular complexity index is 1180. The van der Waals surface area contributed by atoms with E-state index in [1.807, 2.05) is 27.7 Å². The Morgan fingerprint density at radius 3 is 1.87 bits per heavy atom. The van der Waals surface area contributed by atoms with E-state index in [0.29, 0.717) is 28.5 Å². The highest BCUT2D eigenvalue weighted by Gasteiger charge is 2.30. The zero-order valence-electron chi connectivity index (χ0n) is 24.1. The minimum Gasteiger partial charge on any atom is -0.493 e. The molecule has 0 heterocycles. The summed E-state index contributed by atoms with van der Waals surface area (Å²) in [7, 11) is 0.910. The number of carbonyl (C=O) groups excluding carboxylic acids is 1. The first kappa shape index (κ1) is 30.6. The van der Waals surface area contributed by atoms with E-state index in [-0.39, 0.29) is 28.9 Å². The number of sulfonamides is 1. The Labute approximate surface area is 233 Å². The van der Waals surface area contributed by atoms with E-state index in [2.05, 4.69) is 10.6 Å². The fourth-order valence-electron chi connectivity index (χ4n) is 5.26. The topological polar surface area (TPSA) is 106 Å². The monoisotopic (exact) mass is 561 g/mol. The Kier molecular flexibility index (Phi) is 10.5. The maximum absolute atomic E-state index is 13.6. The van der Waals surface area contributed by atoms with Crippen molar-refractivity contribution in [2.24, 2.45) is 0 Å². The van der Waals surface area contributed by atoms with Gasteiger partial charge in [0.05, 0.1) is 26.2 Å². The lowest BCUT2D eigenvalue weighted by Crippen LogP contribution is -2.42. The molecule has 0 radical (unpaired) electrons. The Balaban J connectivity index is 1.97. The summed E-state index contributed by atoms with van der Waals surface area (Å²) < 4.78 is 44.6. The van der Waals surface area contributed by atoms with Gasteiger partial charge in [0, 0.05) is 23.8 Å². The predicted octanol–water partition coefficient (Wildman–Crippen LogP) is 5.12. The number of methoxy groups -OCH3 is 3. The molecule has 3 rings (SSSR count). The molecular weight excluding hydrogens is 518 g/mol. The lowest BCUT2D eigenvalue weighted by atomic mass is 9.94. The number of rotatable bonds is 12. The SMILES string of the molecule is COc1cc([C@@H](Nc2ccc(S(=O)(=O)N(C(C)C)C(C)C)cc2)C(=O)NC2CCCCC2)cc(OC)c1OC. The second-order valence-electron chi connectivity index (χ2n) is 10.4. The van der Waals surface area contributed by atoms with Gasteiger partial charge < -0.3 is 24.8 Å². The van der Waals surface area contributed by atoms with Crippen molar-refractivity contribution in [1.82, 2.24) is 9.62 Å². The molecule has 1 fully saturated rings. The molecule has 0 unspecified atom stereocenters. The van der Waals surface area contributed by atoms with Gasteiger partial charge in [0.1, 0.15) is 6.04 Å². The number of ether oxygens (including phenoxy) is 3. The first-order valence-electron chi connectivity index (χ1n) is 13.5. The minimum atomic E-state index is -3.68. The third-order valence-electron chi connectivity index (χ3n) is 6.99. The zero-order chi connectivity index (χ0) is 28.7. The van der Waals surface area contributed by atoms with Crippen molar-refractivity contribution in [3.05, 3.63) is 42.0 Å². The fraction of sp³-hybridized carbons (Fsp3) is 0.552. The minimum absolute atomic E-state index is 0.114. The molecule has 0 spiro atoms. The number of anilines is 1. The molecule has 216 valence electrons. The van der Waals surface area contributed by atoms with E-state index in [4.69, 9.17) is 14.2 Å². The first-order valence-corrected chi connectivity index (χ1v) is 15.0. The molecule has 0 aromatic heterocycles. The molecule has 1 aliphatic carbocycles. The van der Waals surface area contributed by atoms with E-state index in [1.54, 1.807) is 36.4 Å². The van der Waals surface area contributed by atoms with E-state index in [0.717, 1.165) is 25.7 Å². The van der Waals surface area contributed by atoms with Crippen molar-refractivity contribution in [3.8, 4) is 17.2 Å². The summed E-state index contributed by atoms with van der Waals surface area (Å²) in [5.74, 6) is 1.13. The molecule has 1 amide bonds. The first-order chi connectivity index (χ1) is 18.5. The van der Waals surface area contributed by atoms with Crippen molar-refractivity contribution < 1.29 is 27.4 Å². The maximum atomic E-state index is 13.6. The van der Waals surface area contributed by atoms with Crippen molar-refractivity contribution in [1.29, 1.82) is 0 Å². The van der Waals surface area contributed by atoms with Crippen molar-refractivity contribution in [2.45, 2.75) is 88.9 Å². The molecule has 0 aliphatic heterocycles. The predicted molar refractivity (Wildman–Crippen MR) is 153 cm³/mol. The molecule has 2 aromatic rings. The molecule has 2 N–H and O–H groups in total. The van der Waals surface area contributed by atoms with E-state index >= 15 is 0 Å². The summed E-state index contributed by atoms with van der Waals surface area (Å²) in [5, 5.41) is 6.51. The van der Waals surface area contributed by atoms with Gasteiger partial charge in [-0.3, -0.25) is 4.79 Å². The molecule has 39 heavy (non-hydrogen) atoms. The van der Waals surface area contributed by atoms with Crippen molar-refractivity contribution in [2.75, 3.05) is 26.6 Å². The van der Waals surface area contributed by atoms with E-state index < -0.39 is 16.1 Å². The van der Waals surface area contributed by atoms with Crippen LogP contribution in [0.1, 0.15) is 71.4 Å². The van der Waals surface area contributed by atoms with E-state index in [1.165, 1.54) is 32.1 Å². The molecule has 1 aliphatic rings. The summed E-state index contributed by atoms with van der Waals surface area (Å²) in [4.78, 5) is 13.8. The number of amides is 1. The van der Waals surface area contributed by atoms with Crippen LogP contribution in [0.15, 0.2) is 41.3 Å². The lowest BCUT2D eigenvalue weighted by molar-refractivity contribution is -0.122. The zero-order valence-corrected chi connectivity index (χ0v) is 24.9. The molecular formula is C29H43N3O6S. The maximum Gasteiger partial charge on any atom is 0.247 e. The van der Waals surface area contributed by atoms with Gasteiger partial charge >= 0.3 is 0 Å². The highest BCUT2D eigenvalue weighted by Crippen LogP contribution is 2.40. The average molecular weight is 562 g/mol. The highest BCUT2D eigenvalue weighted by atomic mass is 32.2. The van der Waals surface area contributed by atoms with Crippen molar-refractivity contribution >= 4 is 21.6 Å². The molecule has 0 saturated heterocycles. The van der Waals surface area contributed by atoms with Crippen LogP contribution in [0.3, 0.4) is 0 Å². The molecule has 10 heteroatoms. The number of hydrogen-bond donors (Lipinski definition) is 2. The highest BCUT2D eigenvalue weighted by molar-refractivity contribution is 7.89. The van der Waals surface area contributed by atoms with Crippen LogP contribution in [0.25, 0.3) is 0 Å². The molecule has 9 nitrogen and oxygen atoms in total. The van der Waals surface area contributed by atoms with Gasteiger partial charge in [0.2, 0.25) is 21.7 Å². The van der Waals surface area contributed by atoms with Gasteiger partial charge in [-0.1, -0.05) is 19.3 Å². The lowest BCUT2D eigenvalue weighted by Gasteiger charge is -2.29. The number of carbonyl (C=O) groups is 1.